The van der Waals surface area contributed by atoms with E-state index in [0.29, 0.717) is 12.4 Å². The Morgan fingerprint density at radius 1 is 0.827 bits per heavy atom. The van der Waals surface area contributed by atoms with Crippen LogP contribution in [0.1, 0.15) is 33.6 Å². The average molecular weight is 782 g/mol. The molecule has 2 fully saturated rings. The highest BCUT2D eigenvalue weighted by Crippen LogP contribution is 2.47. The van der Waals surface area contributed by atoms with Crippen molar-refractivity contribution in [1.29, 1.82) is 0 Å². The SMILES string of the molecule is O=C1CCC(N2C(=O)c3ccc(N4CCN(CCOc5ccc(Oc6c(-c7ccc(Br)cc7)sc7cc(O)ccc67)cc5)CC4)cc3C2=O)C(=O)N1. The van der Waals surface area contributed by atoms with Crippen LogP contribution in [0.2, 0.25) is 0 Å². The van der Waals surface area contributed by atoms with Gasteiger partial charge in [-0.3, -0.25) is 34.3 Å². The van der Waals surface area contributed by atoms with E-state index in [-0.39, 0.29) is 29.7 Å². The van der Waals surface area contributed by atoms with Crippen molar-refractivity contribution in [3.05, 3.63) is 101 Å². The number of fused-ring (bicyclic) bond motifs is 2. The van der Waals surface area contributed by atoms with Gasteiger partial charge in [-0.1, -0.05) is 28.1 Å². The van der Waals surface area contributed by atoms with E-state index in [1.54, 1.807) is 35.6 Å². The number of amides is 4. The average Bonchev–Trinajstić information content (AvgIpc) is 3.62. The fourth-order valence-electron chi connectivity index (χ4n) is 6.85. The van der Waals surface area contributed by atoms with E-state index in [1.807, 2.05) is 60.7 Å². The standard InChI is InChI=1S/C39H33BrN4O7S/c40-24-3-1-23(2-4-24)36-35(30-12-6-26(45)22-33(30)52-36)51-28-9-7-27(8-10-28)50-20-19-42-15-17-43(18-16-42)25-5-11-29-31(21-25)39(49)44(38(29)48)32-13-14-34(46)41-37(32)47/h1-12,21-22,32,45H,13-20H2,(H,41,46,47). The summed E-state index contributed by atoms with van der Waals surface area (Å²) in [5.41, 5.74) is 2.44. The highest BCUT2D eigenvalue weighted by Gasteiger charge is 2.44. The minimum Gasteiger partial charge on any atom is -0.508 e. The number of phenolic OH excluding ortho intramolecular Hbond substituents is 1. The van der Waals surface area contributed by atoms with Crippen LogP contribution < -0.4 is 19.7 Å². The monoisotopic (exact) mass is 780 g/mol. The normalized spacial score (nSPS) is 17.8. The molecule has 0 bridgehead atoms. The van der Waals surface area contributed by atoms with E-state index < -0.39 is 29.7 Å². The molecule has 5 aromatic rings. The van der Waals surface area contributed by atoms with Crippen LogP contribution in [0.3, 0.4) is 0 Å². The third-order valence-corrected chi connectivity index (χ3v) is 11.3. The molecule has 264 valence electrons. The highest BCUT2D eigenvalue weighted by molar-refractivity contribution is 9.10. The maximum atomic E-state index is 13.3. The number of thiophene rings is 1. The third kappa shape index (κ3) is 6.62. The lowest BCUT2D eigenvalue weighted by atomic mass is 10.0. The number of halogens is 1. The molecule has 11 nitrogen and oxygen atoms in total. The zero-order chi connectivity index (χ0) is 35.9. The molecule has 4 amide bonds. The van der Waals surface area contributed by atoms with E-state index in [1.165, 1.54) is 0 Å². The zero-order valence-electron chi connectivity index (χ0n) is 27.8. The fraction of sp³-hybridized carbons (Fsp3) is 0.231. The molecule has 4 aromatic carbocycles. The Balaban J connectivity index is 0.848. The Hall–Kier alpha value is -5.24. The summed E-state index contributed by atoms with van der Waals surface area (Å²) >= 11 is 5.08. The van der Waals surface area contributed by atoms with E-state index >= 15 is 0 Å². The summed E-state index contributed by atoms with van der Waals surface area (Å²) in [4.78, 5) is 56.8. The molecule has 1 unspecified atom stereocenters. The number of imide groups is 2. The van der Waals surface area contributed by atoms with Gasteiger partial charge in [0, 0.05) is 59.4 Å². The topological polar surface area (TPSA) is 129 Å². The molecule has 3 aliphatic heterocycles. The predicted octanol–water partition coefficient (Wildman–Crippen LogP) is 6.43. The number of nitrogens with zero attached hydrogens (tertiary/aromatic N) is 3. The van der Waals surface area contributed by atoms with Crippen LogP contribution in [0.15, 0.2) is 89.4 Å². The minimum absolute atomic E-state index is 0.0856. The molecular formula is C39H33BrN4O7S. The van der Waals surface area contributed by atoms with Gasteiger partial charge in [0.15, 0.2) is 5.75 Å². The van der Waals surface area contributed by atoms with Crippen LogP contribution in [0.4, 0.5) is 5.69 Å². The molecular weight excluding hydrogens is 748 g/mol. The maximum Gasteiger partial charge on any atom is 0.262 e. The first-order valence-corrected chi connectivity index (χ1v) is 18.6. The lowest BCUT2D eigenvalue weighted by Crippen LogP contribution is -2.54. The first-order chi connectivity index (χ1) is 25.2. The van der Waals surface area contributed by atoms with Crippen molar-refractivity contribution in [3.8, 4) is 33.4 Å². The maximum absolute atomic E-state index is 13.3. The second kappa shape index (κ2) is 14.1. The molecule has 0 aliphatic carbocycles. The third-order valence-electron chi connectivity index (χ3n) is 9.62. The first kappa shape index (κ1) is 33.9. The number of nitrogens with one attached hydrogen (secondary N) is 1. The summed E-state index contributed by atoms with van der Waals surface area (Å²) in [6.07, 6.45) is 0.214. The molecule has 13 heteroatoms. The quantitative estimate of drug-likeness (QED) is 0.163. The second-order valence-electron chi connectivity index (χ2n) is 12.9. The van der Waals surface area contributed by atoms with E-state index in [2.05, 4.69) is 31.0 Å². The summed E-state index contributed by atoms with van der Waals surface area (Å²) in [6.45, 7) is 4.34. The van der Waals surface area contributed by atoms with Gasteiger partial charge in [-0.25, -0.2) is 0 Å². The number of phenols is 1. The summed E-state index contributed by atoms with van der Waals surface area (Å²) in [5.74, 6) is 0.348. The summed E-state index contributed by atoms with van der Waals surface area (Å²) in [7, 11) is 0. The van der Waals surface area contributed by atoms with Crippen molar-refractivity contribution in [3.63, 3.8) is 0 Å². The molecule has 1 aromatic heterocycles. The van der Waals surface area contributed by atoms with Crippen molar-refractivity contribution in [2.75, 3.05) is 44.2 Å². The highest BCUT2D eigenvalue weighted by atomic mass is 79.9. The van der Waals surface area contributed by atoms with Crippen molar-refractivity contribution >= 4 is 66.7 Å². The van der Waals surface area contributed by atoms with Gasteiger partial charge in [0.05, 0.1) is 16.0 Å². The molecule has 2 N–H and O–H groups in total. The Morgan fingerprint density at radius 2 is 1.56 bits per heavy atom. The van der Waals surface area contributed by atoms with Gasteiger partial charge in [-0.2, -0.15) is 0 Å². The van der Waals surface area contributed by atoms with Crippen molar-refractivity contribution in [1.82, 2.24) is 15.1 Å². The molecule has 8 rings (SSSR count). The Kier molecular flexibility index (Phi) is 9.16. The Labute approximate surface area is 311 Å². The van der Waals surface area contributed by atoms with E-state index in [9.17, 15) is 24.3 Å². The summed E-state index contributed by atoms with van der Waals surface area (Å²) in [6, 6.07) is 25.2. The van der Waals surface area contributed by atoms with Gasteiger partial charge < -0.3 is 19.5 Å². The molecule has 4 heterocycles. The van der Waals surface area contributed by atoms with Crippen molar-refractivity contribution in [2.45, 2.75) is 18.9 Å². The number of benzene rings is 4. The Morgan fingerprint density at radius 3 is 2.31 bits per heavy atom. The lowest BCUT2D eigenvalue weighted by molar-refractivity contribution is -0.136. The zero-order valence-corrected chi connectivity index (χ0v) is 30.2. The number of aromatic hydroxyl groups is 1. The van der Waals surface area contributed by atoms with Gasteiger partial charge in [0.1, 0.15) is 29.9 Å². The largest absolute Gasteiger partial charge is 0.508 e. The van der Waals surface area contributed by atoms with Crippen LogP contribution in [-0.4, -0.2) is 83.9 Å². The minimum atomic E-state index is -0.981. The smallest absolute Gasteiger partial charge is 0.262 e. The summed E-state index contributed by atoms with van der Waals surface area (Å²) in [5, 5.41) is 13.2. The second-order valence-corrected chi connectivity index (χ2v) is 14.8. The predicted molar refractivity (Wildman–Crippen MR) is 200 cm³/mol. The number of rotatable bonds is 9. The summed E-state index contributed by atoms with van der Waals surface area (Å²) < 4.78 is 14.5. The van der Waals surface area contributed by atoms with E-state index in [4.69, 9.17) is 9.47 Å². The molecule has 1 atom stereocenters. The number of carbonyl (C=O) groups is 4. The van der Waals surface area contributed by atoms with Crippen LogP contribution >= 0.6 is 27.3 Å². The van der Waals surface area contributed by atoms with Crippen LogP contribution in [0, 0.1) is 0 Å². The number of piperidine rings is 1. The van der Waals surface area contributed by atoms with Crippen molar-refractivity contribution < 1.29 is 33.8 Å². The number of anilines is 1. The van der Waals surface area contributed by atoms with Crippen molar-refractivity contribution in [2.24, 2.45) is 0 Å². The van der Waals surface area contributed by atoms with Gasteiger partial charge in [-0.15, -0.1) is 11.3 Å². The van der Waals surface area contributed by atoms with Gasteiger partial charge in [0.25, 0.3) is 11.8 Å². The van der Waals surface area contributed by atoms with Crippen LogP contribution in [-0.2, 0) is 9.59 Å². The van der Waals surface area contributed by atoms with Gasteiger partial charge >= 0.3 is 0 Å². The van der Waals surface area contributed by atoms with Crippen LogP contribution in [0.5, 0.6) is 23.0 Å². The first-order valence-electron chi connectivity index (χ1n) is 17.0. The molecule has 0 radical (unpaired) electrons. The number of hydrogen-bond acceptors (Lipinski definition) is 10. The molecule has 3 aliphatic rings. The fourth-order valence-corrected chi connectivity index (χ4v) is 8.29. The molecule has 0 saturated carbocycles. The number of piperazine rings is 1. The van der Waals surface area contributed by atoms with E-state index in [0.717, 1.165) is 79.8 Å². The van der Waals surface area contributed by atoms with Gasteiger partial charge in [-0.05, 0) is 84.8 Å². The Bertz CT molecular complexity index is 2210. The molecule has 0 spiro atoms. The number of hydrogen-bond donors (Lipinski definition) is 2. The number of carbonyl (C=O) groups excluding carboxylic acids is 4. The molecule has 52 heavy (non-hydrogen) atoms. The lowest BCUT2D eigenvalue weighted by Gasteiger charge is -2.36. The number of ether oxygens (including phenoxy) is 2. The van der Waals surface area contributed by atoms with Crippen LogP contribution in [0.25, 0.3) is 20.5 Å². The molecule has 2 saturated heterocycles. The van der Waals surface area contributed by atoms with Gasteiger partial charge in [0.2, 0.25) is 11.8 Å².